The van der Waals surface area contributed by atoms with Crippen LogP contribution in [0.3, 0.4) is 0 Å². The molecule has 0 saturated heterocycles. The van der Waals surface area contributed by atoms with Gasteiger partial charge in [-0.25, -0.2) is 9.79 Å². The minimum absolute atomic E-state index is 0.199. The maximum absolute atomic E-state index is 13.4. The van der Waals surface area contributed by atoms with Gasteiger partial charge in [0, 0.05) is 5.02 Å². The number of ether oxygens (including phenoxy) is 1. The molecule has 0 aliphatic carbocycles. The molecule has 0 unspecified atom stereocenters. The van der Waals surface area contributed by atoms with Crippen LogP contribution in [0, 0.1) is 0 Å². The number of nitrogens with zero attached hydrogens (tertiary/aromatic N) is 2. The maximum Gasteiger partial charge on any atom is 0.338 e. The number of thiazole rings is 1. The van der Waals surface area contributed by atoms with Gasteiger partial charge in [-0.3, -0.25) is 9.36 Å². The molecule has 0 N–H and O–H groups in total. The Morgan fingerprint density at radius 2 is 1.84 bits per heavy atom. The van der Waals surface area contributed by atoms with E-state index in [0.717, 1.165) is 11.1 Å². The summed E-state index contributed by atoms with van der Waals surface area (Å²) >= 11 is 7.38. The molecule has 0 fully saturated rings. The van der Waals surface area contributed by atoms with Crippen LogP contribution in [0.1, 0.15) is 37.9 Å². The fourth-order valence-electron chi connectivity index (χ4n) is 3.52. The van der Waals surface area contributed by atoms with Crippen molar-refractivity contribution in [3.05, 3.63) is 102 Å². The second kappa shape index (κ2) is 8.65. The topological polar surface area (TPSA) is 60.7 Å². The van der Waals surface area contributed by atoms with E-state index in [9.17, 15) is 9.59 Å². The Morgan fingerprint density at radius 3 is 2.48 bits per heavy atom. The normalized spacial score (nSPS) is 16.3. The van der Waals surface area contributed by atoms with E-state index in [-0.39, 0.29) is 11.7 Å². The highest BCUT2D eigenvalue weighted by molar-refractivity contribution is 7.07. The summed E-state index contributed by atoms with van der Waals surface area (Å²) in [5, 5.41) is 0.576. The second-order valence-electron chi connectivity index (χ2n) is 7.50. The molecule has 1 atom stereocenters. The Kier molecular flexibility index (Phi) is 5.94. The zero-order valence-electron chi connectivity index (χ0n) is 17.3. The van der Waals surface area contributed by atoms with Crippen molar-refractivity contribution in [2.24, 2.45) is 4.99 Å². The van der Waals surface area contributed by atoms with E-state index in [1.165, 1.54) is 11.3 Å². The van der Waals surface area contributed by atoms with Crippen molar-refractivity contribution < 1.29 is 9.53 Å². The van der Waals surface area contributed by atoms with Crippen molar-refractivity contribution in [3.63, 3.8) is 0 Å². The van der Waals surface area contributed by atoms with Crippen LogP contribution < -0.4 is 14.9 Å². The minimum atomic E-state index is -0.641. The van der Waals surface area contributed by atoms with Crippen LogP contribution in [0.2, 0.25) is 5.02 Å². The van der Waals surface area contributed by atoms with E-state index in [1.807, 2.05) is 48.5 Å². The molecule has 31 heavy (non-hydrogen) atoms. The number of hydrogen-bond acceptors (Lipinski definition) is 5. The Balaban J connectivity index is 1.95. The van der Waals surface area contributed by atoms with Crippen LogP contribution >= 0.6 is 22.9 Å². The van der Waals surface area contributed by atoms with Crippen LogP contribution in [0.5, 0.6) is 0 Å². The summed E-state index contributed by atoms with van der Waals surface area (Å²) in [5.41, 5.74) is 2.38. The third kappa shape index (κ3) is 4.27. The summed E-state index contributed by atoms with van der Waals surface area (Å²) in [6.07, 6.45) is 1.55. The molecule has 5 nitrogen and oxygen atoms in total. The molecule has 2 aromatic carbocycles. The van der Waals surface area contributed by atoms with Crippen LogP contribution in [0.15, 0.2) is 75.7 Å². The Hall–Kier alpha value is -2.96. The fourth-order valence-corrected chi connectivity index (χ4v) is 4.69. The predicted molar refractivity (Wildman–Crippen MR) is 123 cm³/mol. The van der Waals surface area contributed by atoms with E-state index in [2.05, 4.69) is 4.99 Å². The fraction of sp³-hybridized carbons (Fsp3) is 0.208. The first-order valence-corrected chi connectivity index (χ1v) is 11.1. The van der Waals surface area contributed by atoms with Gasteiger partial charge < -0.3 is 4.74 Å². The standard InChI is InChI=1S/C24H21ClN2O3S/c1-14(2)30-23(29)20-15(3)26-24-27(21(20)17-9-11-18(25)12-10-17)22(28)19(31-24)13-16-7-5-4-6-8-16/h4-14,21H,1-3H3/t21-/m1/s1. The summed E-state index contributed by atoms with van der Waals surface area (Å²) in [4.78, 5) is 31.6. The molecule has 0 radical (unpaired) electrons. The number of rotatable bonds is 4. The highest BCUT2D eigenvalue weighted by Crippen LogP contribution is 2.31. The predicted octanol–water partition coefficient (Wildman–Crippen LogP) is 3.84. The van der Waals surface area contributed by atoms with E-state index < -0.39 is 12.0 Å². The summed E-state index contributed by atoms with van der Waals surface area (Å²) in [5.74, 6) is -0.478. The monoisotopic (exact) mass is 452 g/mol. The third-order valence-electron chi connectivity index (χ3n) is 4.87. The van der Waals surface area contributed by atoms with Gasteiger partial charge in [0.2, 0.25) is 0 Å². The summed E-state index contributed by atoms with van der Waals surface area (Å²) in [6.45, 7) is 5.36. The molecule has 0 bridgehead atoms. The first-order valence-electron chi connectivity index (χ1n) is 9.89. The van der Waals surface area contributed by atoms with Gasteiger partial charge in [0.1, 0.15) is 0 Å². The SMILES string of the molecule is CC1=C(C(=O)OC(C)C)[C@@H](c2ccc(Cl)cc2)n2c(sc(=Cc3ccccc3)c2=O)=N1. The molecular weight excluding hydrogens is 432 g/mol. The first-order chi connectivity index (χ1) is 14.8. The average Bonchev–Trinajstić information content (AvgIpc) is 3.02. The first kappa shape index (κ1) is 21.3. The number of hydrogen-bond donors (Lipinski definition) is 0. The van der Waals surface area contributed by atoms with Gasteiger partial charge in [0.05, 0.1) is 27.9 Å². The quantitative estimate of drug-likeness (QED) is 0.565. The van der Waals surface area contributed by atoms with E-state index >= 15 is 0 Å². The van der Waals surface area contributed by atoms with Crippen molar-refractivity contribution in [1.82, 2.24) is 4.57 Å². The van der Waals surface area contributed by atoms with Crippen molar-refractivity contribution in [2.45, 2.75) is 32.9 Å². The number of benzene rings is 2. The Morgan fingerprint density at radius 1 is 1.16 bits per heavy atom. The molecule has 0 amide bonds. The van der Waals surface area contributed by atoms with Crippen LogP contribution in [-0.2, 0) is 9.53 Å². The Bertz CT molecular complexity index is 1340. The third-order valence-corrected chi connectivity index (χ3v) is 6.10. The lowest BCUT2D eigenvalue weighted by atomic mass is 9.96. The number of carbonyl (C=O) groups is 1. The highest BCUT2D eigenvalue weighted by atomic mass is 35.5. The smallest absolute Gasteiger partial charge is 0.338 e. The van der Waals surface area contributed by atoms with Crippen molar-refractivity contribution >= 4 is 35.0 Å². The number of halogens is 1. The summed E-state index contributed by atoms with van der Waals surface area (Å²) in [7, 11) is 0. The van der Waals surface area contributed by atoms with E-state index in [0.29, 0.717) is 25.6 Å². The molecule has 0 spiro atoms. The average molecular weight is 453 g/mol. The molecule has 7 heteroatoms. The largest absolute Gasteiger partial charge is 0.459 e. The highest BCUT2D eigenvalue weighted by Gasteiger charge is 2.33. The van der Waals surface area contributed by atoms with Crippen molar-refractivity contribution in [3.8, 4) is 0 Å². The van der Waals surface area contributed by atoms with E-state index in [4.69, 9.17) is 16.3 Å². The molecule has 4 rings (SSSR count). The van der Waals surface area contributed by atoms with Crippen LogP contribution in [-0.4, -0.2) is 16.6 Å². The van der Waals surface area contributed by atoms with E-state index in [1.54, 1.807) is 37.5 Å². The van der Waals surface area contributed by atoms with Gasteiger partial charge >= 0.3 is 5.97 Å². The maximum atomic E-state index is 13.4. The van der Waals surface area contributed by atoms with Gasteiger partial charge in [-0.15, -0.1) is 0 Å². The van der Waals surface area contributed by atoms with Gasteiger partial charge in [-0.1, -0.05) is 65.4 Å². The van der Waals surface area contributed by atoms with Crippen LogP contribution in [0.4, 0.5) is 0 Å². The number of allylic oxidation sites excluding steroid dienone is 1. The molecule has 2 heterocycles. The van der Waals surface area contributed by atoms with Gasteiger partial charge in [-0.2, -0.15) is 0 Å². The summed E-state index contributed by atoms with van der Waals surface area (Å²) in [6, 6.07) is 16.1. The minimum Gasteiger partial charge on any atom is -0.459 e. The lowest BCUT2D eigenvalue weighted by Gasteiger charge is -2.25. The molecule has 158 valence electrons. The molecule has 0 saturated carbocycles. The lowest BCUT2D eigenvalue weighted by Crippen LogP contribution is -2.40. The van der Waals surface area contributed by atoms with Crippen LogP contribution in [0.25, 0.3) is 6.08 Å². The number of esters is 1. The number of fused-ring (bicyclic) bond motifs is 1. The number of aromatic nitrogens is 1. The van der Waals surface area contributed by atoms with Gasteiger partial charge in [-0.05, 0) is 50.1 Å². The molecule has 1 aromatic heterocycles. The molecular formula is C24H21ClN2O3S. The zero-order valence-corrected chi connectivity index (χ0v) is 18.9. The van der Waals surface area contributed by atoms with Crippen molar-refractivity contribution in [2.75, 3.05) is 0 Å². The Labute approximate surface area is 188 Å². The van der Waals surface area contributed by atoms with Gasteiger partial charge in [0.15, 0.2) is 4.80 Å². The lowest BCUT2D eigenvalue weighted by molar-refractivity contribution is -0.143. The zero-order chi connectivity index (χ0) is 22.1. The second-order valence-corrected chi connectivity index (χ2v) is 8.94. The number of carbonyl (C=O) groups excluding carboxylic acids is 1. The molecule has 1 aliphatic heterocycles. The van der Waals surface area contributed by atoms with Crippen molar-refractivity contribution in [1.29, 1.82) is 0 Å². The summed E-state index contributed by atoms with van der Waals surface area (Å²) < 4.78 is 7.62. The molecule has 3 aromatic rings. The molecule has 1 aliphatic rings. The van der Waals surface area contributed by atoms with Gasteiger partial charge in [0.25, 0.3) is 5.56 Å².